The number of nitrogens with one attached hydrogen (secondary N) is 2. The molecule has 3 N–H and O–H groups in total. The van der Waals surface area contributed by atoms with E-state index < -0.39 is 6.09 Å². The van der Waals surface area contributed by atoms with Crippen LogP contribution in [0.1, 0.15) is 43.4 Å². The van der Waals surface area contributed by atoms with Gasteiger partial charge in [0.1, 0.15) is 0 Å². The molecule has 0 spiro atoms. The van der Waals surface area contributed by atoms with Crippen molar-refractivity contribution in [2.24, 2.45) is 0 Å². The number of carboxylic acid groups (broad SMARTS) is 1. The van der Waals surface area contributed by atoms with Gasteiger partial charge in [0.25, 0.3) is 0 Å². The maximum Gasteiger partial charge on any atom is 0.409 e. The minimum atomic E-state index is -1.05. The topological polar surface area (TPSA) is 61.4 Å². The van der Waals surface area contributed by atoms with Crippen molar-refractivity contribution in [2.45, 2.75) is 53.5 Å². The van der Waals surface area contributed by atoms with Gasteiger partial charge in [-0.1, -0.05) is 43.7 Å². The third-order valence-corrected chi connectivity index (χ3v) is 4.59. The first-order valence-electron chi connectivity index (χ1n) is 8.85. The third kappa shape index (κ3) is 4.32. The second kappa shape index (κ2) is 8.06. The van der Waals surface area contributed by atoms with E-state index in [2.05, 4.69) is 57.4 Å². The van der Waals surface area contributed by atoms with Crippen molar-refractivity contribution in [3.05, 3.63) is 47.0 Å². The first-order valence-corrected chi connectivity index (χ1v) is 8.85. The molecule has 134 valence electrons. The van der Waals surface area contributed by atoms with E-state index in [1.165, 1.54) is 5.56 Å². The average molecular weight is 340 g/mol. The van der Waals surface area contributed by atoms with Crippen molar-refractivity contribution >= 4 is 17.5 Å². The molecule has 0 saturated heterocycles. The molecule has 0 heterocycles. The molecule has 0 bridgehead atoms. The fraction of sp³-hybridized carbons (Fsp3) is 0.381. The number of benzene rings is 2. The lowest BCUT2D eigenvalue weighted by Crippen LogP contribution is -2.19. The minimum absolute atomic E-state index is 0.310. The van der Waals surface area contributed by atoms with Crippen LogP contribution in [0.5, 0.6) is 0 Å². The summed E-state index contributed by atoms with van der Waals surface area (Å²) in [7, 11) is 0. The van der Waals surface area contributed by atoms with E-state index >= 15 is 0 Å². The Morgan fingerprint density at radius 3 is 2.20 bits per heavy atom. The summed E-state index contributed by atoms with van der Waals surface area (Å²) in [5, 5.41) is 15.5. The quantitative estimate of drug-likeness (QED) is 0.607. The Kier molecular flexibility index (Phi) is 6.07. The van der Waals surface area contributed by atoms with Gasteiger partial charge < -0.3 is 10.4 Å². The minimum Gasteiger partial charge on any atom is -0.465 e. The Hall–Kier alpha value is -2.49. The first kappa shape index (κ1) is 18.8. The van der Waals surface area contributed by atoms with E-state index in [1.54, 1.807) is 0 Å². The highest BCUT2D eigenvalue weighted by Gasteiger charge is 2.17. The molecule has 0 fully saturated rings. The van der Waals surface area contributed by atoms with E-state index in [0.717, 1.165) is 40.8 Å². The molecule has 2 aromatic carbocycles. The Balaban J connectivity index is 2.64. The van der Waals surface area contributed by atoms with Crippen molar-refractivity contribution < 1.29 is 9.90 Å². The highest BCUT2D eigenvalue weighted by molar-refractivity contribution is 5.98. The van der Waals surface area contributed by atoms with Crippen LogP contribution >= 0.6 is 0 Å². The molecule has 0 aliphatic carbocycles. The monoisotopic (exact) mass is 340 g/mol. The smallest absolute Gasteiger partial charge is 0.409 e. The summed E-state index contributed by atoms with van der Waals surface area (Å²) in [6, 6.07) is 10.5. The van der Waals surface area contributed by atoms with Gasteiger partial charge >= 0.3 is 6.09 Å². The summed E-state index contributed by atoms with van der Waals surface area (Å²) in [5.41, 5.74) is 6.94. The molecule has 0 unspecified atom stereocenters. The van der Waals surface area contributed by atoms with Crippen LogP contribution in [-0.2, 0) is 0 Å². The summed E-state index contributed by atoms with van der Waals surface area (Å²) in [6.45, 7) is 10.5. The lowest BCUT2D eigenvalue weighted by molar-refractivity contribution is 0.210. The number of para-hydroxylation sites is 1. The predicted octanol–water partition coefficient (Wildman–Crippen LogP) is 5.97. The molecular formula is C21H28N2O2. The predicted molar refractivity (Wildman–Crippen MR) is 106 cm³/mol. The molecule has 0 aliphatic rings. The molecule has 0 aliphatic heterocycles. The summed E-state index contributed by atoms with van der Waals surface area (Å²) in [5.74, 6) is 0. The molecule has 2 rings (SSSR count). The Bertz CT molecular complexity index is 741. The van der Waals surface area contributed by atoms with Crippen molar-refractivity contribution in [1.82, 2.24) is 0 Å². The fourth-order valence-corrected chi connectivity index (χ4v) is 3.44. The Morgan fingerprint density at radius 1 is 1.08 bits per heavy atom. The second-order valence-corrected chi connectivity index (χ2v) is 6.59. The van der Waals surface area contributed by atoms with E-state index in [0.29, 0.717) is 11.7 Å². The van der Waals surface area contributed by atoms with Crippen molar-refractivity contribution in [2.75, 3.05) is 10.6 Å². The van der Waals surface area contributed by atoms with Crippen LogP contribution in [-0.4, -0.2) is 17.2 Å². The van der Waals surface area contributed by atoms with Gasteiger partial charge in [0.15, 0.2) is 0 Å². The van der Waals surface area contributed by atoms with Crippen molar-refractivity contribution in [3.8, 4) is 11.1 Å². The van der Waals surface area contributed by atoms with Gasteiger partial charge in [-0.05, 0) is 56.4 Å². The van der Waals surface area contributed by atoms with Gasteiger partial charge in [-0.25, -0.2) is 4.79 Å². The van der Waals surface area contributed by atoms with Gasteiger partial charge in [0.05, 0.1) is 11.4 Å². The SMILES string of the molecule is CCC(CC)Nc1cccc(-c2c(C)cc(C)cc2C)c1NC(=O)O. The Labute approximate surface area is 150 Å². The fourth-order valence-electron chi connectivity index (χ4n) is 3.44. The van der Waals surface area contributed by atoms with Gasteiger partial charge in [-0.15, -0.1) is 0 Å². The number of rotatable bonds is 6. The number of anilines is 2. The number of hydrogen-bond acceptors (Lipinski definition) is 2. The Morgan fingerprint density at radius 2 is 1.68 bits per heavy atom. The molecule has 4 heteroatoms. The van der Waals surface area contributed by atoms with E-state index in [4.69, 9.17) is 0 Å². The molecule has 4 nitrogen and oxygen atoms in total. The molecule has 0 atom stereocenters. The lowest BCUT2D eigenvalue weighted by Gasteiger charge is -2.22. The molecule has 0 saturated carbocycles. The van der Waals surface area contributed by atoms with Crippen LogP contribution in [0.3, 0.4) is 0 Å². The summed E-state index contributed by atoms with van der Waals surface area (Å²) in [6.07, 6.45) is 0.911. The number of aryl methyl sites for hydroxylation is 3. The third-order valence-electron chi connectivity index (χ3n) is 4.59. The molecule has 2 aromatic rings. The summed E-state index contributed by atoms with van der Waals surface area (Å²) < 4.78 is 0. The van der Waals surface area contributed by atoms with Crippen molar-refractivity contribution in [1.29, 1.82) is 0 Å². The van der Waals surface area contributed by atoms with Gasteiger partial charge in [0, 0.05) is 11.6 Å². The van der Waals surface area contributed by atoms with E-state index in [9.17, 15) is 9.90 Å². The highest BCUT2D eigenvalue weighted by Crippen LogP contribution is 2.38. The summed E-state index contributed by atoms with van der Waals surface area (Å²) in [4.78, 5) is 11.4. The van der Waals surface area contributed by atoms with Gasteiger partial charge in [-0.3, -0.25) is 5.32 Å². The number of carbonyl (C=O) groups is 1. The molecule has 0 radical (unpaired) electrons. The zero-order valence-electron chi connectivity index (χ0n) is 15.7. The van der Waals surface area contributed by atoms with Crippen molar-refractivity contribution in [3.63, 3.8) is 0 Å². The van der Waals surface area contributed by atoms with Crippen LogP contribution in [0.2, 0.25) is 0 Å². The number of amides is 1. The standard InChI is InChI=1S/C21H28N2O2/c1-6-16(7-2)22-18-10-8-9-17(20(18)23-21(24)25)19-14(4)11-13(3)12-15(19)5/h8-12,16,22-23H,6-7H2,1-5H3,(H,24,25). The highest BCUT2D eigenvalue weighted by atomic mass is 16.4. The first-order chi connectivity index (χ1) is 11.9. The molecule has 25 heavy (non-hydrogen) atoms. The lowest BCUT2D eigenvalue weighted by atomic mass is 9.92. The maximum absolute atomic E-state index is 11.4. The van der Waals surface area contributed by atoms with E-state index in [-0.39, 0.29) is 0 Å². The van der Waals surface area contributed by atoms with Gasteiger partial charge in [0.2, 0.25) is 0 Å². The second-order valence-electron chi connectivity index (χ2n) is 6.59. The molecule has 1 amide bonds. The molecular weight excluding hydrogens is 312 g/mol. The van der Waals surface area contributed by atoms with Crippen LogP contribution in [0, 0.1) is 20.8 Å². The molecule has 0 aromatic heterocycles. The normalized spacial score (nSPS) is 10.8. The van der Waals surface area contributed by atoms with Crippen LogP contribution in [0.4, 0.5) is 16.2 Å². The van der Waals surface area contributed by atoms with Crippen LogP contribution < -0.4 is 10.6 Å². The zero-order chi connectivity index (χ0) is 18.6. The largest absolute Gasteiger partial charge is 0.465 e. The summed E-state index contributed by atoms with van der Waals surface area (Å²) >= 11 is 0. The van der Waals surface area contributed by atoms with Crippen LogP contribution in [0.15, 0.2) is 30.3 Å². The van der Waals surface area contributed by atoms with Gasteiger partial charge in [-0.2, -0.15) is 0 Å². The maximum atomic E-state index is 11.4. The zero-order valence-corrected chi connectivity index (χ0v) is 15.7. The van der Waals surface area contributed by atoms with Crippen LogP contribution in [0.25, 0.3) is 11.1 Å². The number of hydrogen-bond donors (Lipinski definition) is 3. The van der Waals surface area contributed by atoms with E-state index in [1.807, 2.05) is 18.2 Å². The average Bonchev–Trinajstić information content (AvgIpc) is 2.53.